The number of benzene rings is 1. The molecule has 3 N–H and O–H groups in total. The number of amides is 1. The highest BCUT2D eigenvalue weighted by atomic mass is 35.5. The molecule has 1 aromatic heterocycles. The average Bonchev–Trinajstić information content (AvgIpc) is 3.10. The molecule has 0 saturated carbocycles. The Labute approximate surface area is 160 Å². The highest BCUT2D eigenvalue weighted by molar-refractivity contribution is 5.95. The molecule has 1 atom stereocenters. The van der Waals surface area contributed by atoms with E-state index in [0.29, 0.717) is 5.69 Å². The van der Waals surface area contributed by atoms with Crippen molar-refractivity contribution in [1.82, 2.24) is 4.98 Å². The summed E-state index contributed by atoms with van der Waals surface area (Å²) in [6.07, 6.45) is 4.12. The number of nitrogens with zero attached hydrogens (tertiary/aromatic N) is 2. The van der Waals surface area contributed by atoms with Gasteiger partial charge in [-0.15, -0.1) is 24.8 Å². The number of rotatable bonds is 4. The molecule has 1 aliphatic rings. The Kier molecular flexibility index (Phi) is 8.16. The van der Waals surface area contributed by atoms with Gasteiger partial charge in [-0.3, -0.25) is 4.79 Å². The lowest BCUT2D eigenvalue weighted by atomic mass is 10.1. The van der Waals surface area contributed by atoms with Crippen molar-refractivity contribution in [2.45, 2.75) is 25.8 Å². The Morgan fingerprint density at radius 3 is 2.32 bits per heavy atom. The molecule has 5 nitrogen and oxygen atoms in total. The van der Waals surface area contributed by atoms with E-state index in [4.69, 9.17) is 5.73 Å². The Bertz CT molecular complexity index is 670. The number of nitrogens with two attached hydrogens (primary N) is 1. The van der Waals surface area contributed by atoms with Crippen LogP contribution in [0.4, 0.5) is 11.5 Å². The summed E-state index contributed by atoms with van der Waals surface area (Å²) >= 11 is 0. The monoisotopic (exact) mass is 382 g/mol. The summed E-state index contributed by atoms with van der Waals surface area (Å²) in [5.74, 6) is 0.730. The van der Waals surface area contributed by atoms with Crippen molar-refractivity contribution >= 4 is 42.2 Å². The van der Waals surface area contributed by atoms with Crippen molar-refractivity contribution in [2.24, 2.45) is 5.73 Å². The normalized spacial score (nSPS) is 14.2. The highest BCUT2D eigenvalue weighted by Crippen LogP contribution is 2.20. The molecule has 1 unspecified atom stereocenters. The Balaban J connectivity index is 0.00000156. The van der Waals surface area contributed by atoms with Crippen LogP contribution in [-0.2, 0) is 4.79 Å². The van der Waals surface area contributed by atoms with Gasteiger partial charge in [-0.05, 0) is 37.5 Å². The maximum absolute atomic E-state index is 12.3. The molecule has 136 valence electrons. The lowest BCUT2D eigenvalue weighted by Crippen LogP contribution is -2.27. The van der Waals surface area contributed by atoms with E-state index < -0.39 is 6.04 Å². The topological polar surface area (TPSA) is 71.2 Å². The smallest absolute Gasteiger partial charge is 0.245 e. The molecule has 0 spiro atoms. The third-order valence-corrected chi connectivity index (χ3v) is 4.16. The van der Waals surface area contributed by atoms with Crippen LogP contribution in [0, 0.1) is 6.92 Å². The van der Waals surface area contributed by atoms with Gasteiger partial charge in [-0.1, -0.05) is 29.8 Å². The summed E-state index contributed by atoms with van der Waals surface area (Å²) in [5.41, 5.74) is 8.63. The van der Waals surface area contributed by atoms with Crippen molar-refractivity contribution < 1.29 is 4.79 Å². The fourth-order valence-corrected chi connectivity index (χ4v) is 2.74. The van der Waals surface area contributed by atoms with Crippen molar-refractivity contribution in [3.63, 3.8) is 0 Å². The summed E-state index contributed by atoms with van der Waals surface area (Å²) in [6, 6.07) is 10.8. The first kappa shape index (κ1) is 21.2. The van der Waals surface area contributed by atoms with Crippen molar-refractivity contribution in [2.75, 3.05) is 23.3 Å². The summed E-state index contributed by atoms with van der Waals surface area (Å²) in [6.45, 7) is 4.11. The van der Waals surface area contributed by atoms with Crippen LogP contribution in [0.5, 0.6) is 0 Å². The zero-order valence-electron chi connectivity index (χ0n) is 14.1. The minimum Gasteiger partial charge on any atom is -0.357 e. The molecule has 1 aromatic carbocycles. The van der Waals surface area contributed by atoms with Gasteiger partial charge < -0.3 is 16.0 Å². The number of nitrogens with one attached hydrogen (secondary N) is 1. The number of pyridine rings is 1. The van der Waals surface area contributed by atoms with Crippen molar-refractivity contribution in [1.29, 1.82) is 0 Å². The van der Waals surface area contributed by atoms with E-state index in [1.165, 1.54) is 12.8 Å². The van der Waals surface area contributed by atoms with E-state index in [-0.39, 0.29) is 30.7 Å². The van der Waals surface area contributed by atoms with Gasteiger partial charge in [0.05, 0.1) is 11.9 Å². The van der Waals surface area contributed by atoms with Gasteiger partial charge in [0.15, 0.2) is 0 Å². The molecule has 1 aliphatic heterocycles. The van der Waals surface area contributed by atoms with E-state index in [0.717, 1.165) is 30.0 Å². The zero-order chi connectivity index (χ0) is 16.2. The second kappa shape index (κ2) is 9.61. The molecule has 0 aliphatic carbocycles. The summed E-state index contributed by atoms with van der Waals surface area (Å²) < 4.78 is 0. The Morgan fingerprint density at radius 1 is 1.12 bits per heavy atom. The Morgan fingerprint density at radius 2 is 1.76 bits per heavy atom. The van der Waals surface area contributed by atoms with E-state index in [1.54, 1.807) is 6.20 Å². The summed E-state index contributed by atoms with van der Waals surface area (Å²) in [7, 11) is 0. The molecular formula is C18H24Cl2N4O. The van der Waals surface area contributed by atoms with Crippen LogP contribution in [0.15, 0.2) is 42.6 Å². The molecule has 2 heterocycles. The molecule has 0 radical (unpaired) electrons. The van der Waals surface area contributed by atoms with Crippen molar-refractivity contribution in [3.8, 4) is 0 Å². The predicted octanol–water partition coefficient (Wildman–Crippen LogP) is 3.47. The van der Waals surface area contributed by atoms with Gasteiger partial charge in [-0.25, -0.2) is 4.98 Å². The molecule has 1 fully saturated rings. The van der Waals surface area contributed by atoms with Crippen molar-refractivity contribution in [3.05, 3.63) is 53.7 Å². The van der Waals surface area contributed by atoms with Gasteiger partial charge in [0.25, 0.3) is 0 Å². The van der Waals surface area contributed by atoms with Crippen LogP contribution in [0.2, 0.25) is 0 Å². The van der Waals surface area contributed by atoms with Crippen LogP contribution < -0.4 is 16.0 Å². The van der Waals surface area contributed by atoms with Crippen LogP contribution in [-0.4, -0.2) is 24.0 Å². The minimum atomic E-state index is -0.686. The lowest BCUT2D eigenvalue weighted by molar-refractivity contribution is -0.117. The van der Waals surface area contributed by atoms with Crippen LogP contribution in [0.1, 0.15) is 30.0 Å². The number of aromatic nitrogens is 1. The van der Waals surface area contributed by atoms with E-state index >= 15 is 0 Å². The quantitative estimate of drug-likeness (QED) is 0.848. The van der Waals surface area contributed by atoms with Gasteiger partial charge >= 0.3 is 0 Å². The maximum atomic E-state index is 12.3. The third kappa shape index (κ3) is 5.33. The first-order valence-corrected chi connectivity index (χ1v) is 7.97. The second-order valence-electron chi connectivity index (χ2n) is 5.98. The van der Waals surface area contributed by atoms with Crippen LogP contribution >= 0.6 is 24.8 Å². The lowest BCUT2D eigenvalue weighted by Gasteiger charge is -2.17. The number of halogens is 2. The molecule has 25 heavy (non-hydrogen) atoms. The Hall–Kier alpha value is -1.82. The molecule has 1 amide bonds. The maximum Gasteiger partial charge on any atom is 0.245 e. The zero-order valence-corrected chi connectivity index (χ0v) is 15.8. The molecule has 0 bridgehead atoms. The molecule has 1 saturated heterocycles. The van der Waals surface area contributed by atoms with E-state index in [2.05, 4.69) is 15.2 Å². The highest BCUT2D eigenvalue weighted by Gasteiger charge is 2.17. The average molecular weight is 383 g/mol. The van der Waals surface area contributed by atoms with Gasteiger partial charge in [0.2, 0.25) is 5.91 Å². The van der Waals surface area contributed by atoms with E-state index in [9.17, 15) is 4.79 Å². The first-order valence-electron chi connectivity index (χ1n) is 7.97. The van der Waals surface area contributed by atoms with Gasteiger partial charge in [0.1, 0.15) is 11.9 Å². The third-order valence-electron chi connectivity index (χ3n) is 4.16. The van der Waals surface area contributed by atoms with Crippen LogP contribution in [0.3, 0.4) is 0 Å². The van der Waals surface area contributed by atoms with Gasteiger partial charge in [-0.2, -0.15) is 0 Å². The summed E-state index contributed by atoms with van der Waals surface area (Å²) in [5, 5.41) is 2.83. The molecule has 7 heteroatoms. The molecule has 3 rings (SSSR count). The number of aryl methyl sites for hydroxylation is 1. The number of carbonyl (C=O) groups is 1. The number of hydrogen-bond donors (Lipinski definition) is 2. The molecular weight excluding hydrogens is 359 g/mol. The number of anilines is 2. The molecule has 2 aromatic rings. The summed E-state index contributed by atoms with van der Waals surface area (Å²) in [4.78, 5) is 18.9. The standard InChI is InChI=1S/C18H22N4O.2ClH/c1-13-4-6-14(7-5-13)17(19)18(23)21-15-8-9-16(20-12-15)22-10-2-3-11-22;;/h4-9,12,17H,2-3,10-11,19H2,1H3,(H,21,23);2*1H. The fraction of sp³-hybridized carbons (Fsp3) is 0.333. The minimum absolute atomic E-state index is 0. The number of carbonyl (C=O) groups excluding carboxylic acids is 1. The van der Waals surface area contributed by atoms with E-state index in [1.807, 2.05) is 43.3 Å². The largest absolute Gasteiger partial charge is 0.357 e. The number of hydrogen-bond acceptors (Lipinski definition) is 4. The second-order valence-corrected chi connectivity index (χ2v) is 5.98. The fourth-order valence-electron chi connectivity index (χ4n) is 2.74. The SMILES string of the molecule is Cc1ccc(C(N)C(=O)Nc2ccc(N3CCCC3)nc2)cc1.Cl.Cl. The van der Waals surface area contributed by atoms with Gasteiger partial charge in [0, 0.05) is 13.1 Å². The van der Waals surface area contributed by atoms with Crippen LogP contribution in [0.25, 0.3) is 0 Å². The first-order chi connectivity index (χ1) is 11.1. The predicted molar refractivity (Wildman–Crippen MR) is 107 cm³/mol.